The summed E-state index contributed by atoms with van der Waals surface area (Å²) in [5.74, 6) is 0.830. The lowest BCUT2D eigenvalue weighted by atomic mass is 10.1. The highest BCUT2D eigenvalue weighted by molar-refractivity contribution is 7.89. The molecular formula is C12H18ClNO3S. The summed E-state index contributed by atoms with van der Waals surface area (Å²) in [6.45, 7) is 4.10. The van der Waals surface area contributed by atoms with E-state index in [0.717, 1.165) is 0 Å². The minimum absolute atomic E-state index is 0.205. The number of hydrogen-bond acceptors (Lipinski definition) is 3. The van der Waals surface area contributed by atoms with Gasteiger partial charge in [0.25, 0.3) is 0 Å². The maximum Gasteiger partial charge on any atom is 0.240 e. The van der Waals surface area contributed by atoms with Crippen LogP contribution in [-0.2, 0) is 10.0 Å². The van der Waals surface area contributed by atoms with Crippen LogP contribution in [0.1, 0.15) is 13.8 Å². The molecule has 0 aliphatic rings. The SMILES string of the molecule is COc1ccc(S(=O)(=O)NCC(Cl)C(C)C)cc1. The second kappa shape index (κ2) is 6.41. The zero-order valence-corrected chi connectivity index (χ0v) is 12.3. The van der Waals surface area contributed by atoms with Gasteiger partial charge in [0.1, 0.15) is 5.75 Å². The summed E-state index contributed by atoms with van der Waals surface area (Å²) >= 11 is 6.01. The van der Waals surface area contributed by atoms with Gasteiger partial charge in [0, 0.05) is 11.9 Å². The Morgan fingerprint density at radius 2 is 1.83 bits per heavy atom. The first kappa shape index (κ1) is 15.3. The van der Waals surface area contributed by atoms with Crippen molar-refractivity contribution in [3.63, 3.8) is 0 Å². The number of ether oxygens (including phenoxy) is 1. The Morgan fingerprint density at radius 3 is 2.28 bits per heavy atom. The largest absolute Gasteiger partial charge is 0.497 e. The summed E-state index contributed by atoms with van der Waals surface area (Å²) in [6, 6.07) is 6.21. The van der Waals surface area contributed by atoms with Crippen LogP contribution in [0.25, 0.3) is 0 Å². The number of nitrogens with one attached hydrogen (secondary N) is 1. The number of benzene rings is 1. The fourth-order valence-corrected chi connectivity index (χ4v) is 2.49. The van der Waals surface area contributed by atoms with Crippen molar-refractivity contribution in [1.82, 2.24) is 4.72 Å². The summed E-state index contributed by atoms with van der Waals surface area (Å²) < 4.78 is 31.4. The van der Waals surface area contributed by atoms with E-state index in [1.165, 1.54) is 19.2 Å². The smallest absolute Gasteiger partial charge is 0.240 e. The van der Waals surface area contributed by atoms with Crippen molar-refractivity contribution in [2.24, 2.45) is 5.92 Å². The first-order valence-electron chi connectivity index (χ1n) is 5.64. The Bertz CT molecular complexity index is 471. The summed E-state index contributed by atoms with van der Waals surface area (Å²) in [7, 11) is -1.97. The van der Waals surface area contributed by atoms with Gasteiger partial charge in [-0.25, -0.2) is 13.1 Å². The van der Waals surface area contributed by atoms with E-state index in [4.69, 9.17) is 16.3 Å². The standard InChI is InChI=1S/C12H18ClNO3S/c1-9(2)12(13)8-14-18(15,16)11-6-4-10(17-3)5-7-11/h4-7,9,12,14H,8H2,1-3H3. The predicted molar refractivity (Wildman–Crippen MR) is 72.7 cm³/mol. The minimum atomic E-state index is -3.50. The van der Waals surface area contributed by atoms with E-state index in [0.29, 0.717) is 5.75 Å². The normalized spacial score (nSPS) is 13.6. The molecule has 4 nitrogen and oxygen atoms in total. The van der Waals surface area contributed by atoms with Crippen molar-refractivity contribution >= 4 is 21.6 Å². The van der Waals surface area contributed by atoms with Crippen molar-refractivity contribution in [2.45, 2.75) is 24.1 Å². The molecule has 1 rings (SSSR count). The first-order chi connectivity index (χ1) is 8.36. The zero-order chi connectivity index (χ0) is 13.8. The third-order valence-corrected chi connectivity index (χ3v) is 4.66. The van der Waals surface area contributed by atoms with E-state index in [1.807, 2.05) is 13.8 Å². The lowest BCUT2D eigenvalue weighted by molar-refractivity contribution is 0.414. The second-order valence-electron chi connectivity index (χ2n) is 4.29. The van der Waals surface area contributed by atoms with Crippen LogP contribution in [0.3, 0.4) is 0 Å². The van der Waals surface area contributed by atoms with Gasteiger partial charge in [-0.15, -0.1) is 11.6 Å². The summed E-state index contributed by atoms with van der Waals surface area (Å²) in [5.41, 5.74) is 0. The van der Waals surface area contributed by atoms with Crippen molar-refractivity contribution in [3.05, 3.63) is 24.3 Å². The number of rotatable bonds is 6. The maximum atomic E-state index is 11.9. The van der Waals surface area contributed by atoms with Crippen LogP contribution in [0.4, 0.5) is 0 Å². The molecule has 1 atom stereocenters. The summed E-state index contributed by atoms with van der Waals surface area (Å²) in [6.07, 6.45) is 0. The van der Waals surface area contributed by atoms with Gasteiger partial charge in [-0.1, -0.05) is 13.8 Å². The molecule has 0 heterocycles. The molecule has 1 aromatic carbocycles. The lowest BCUT2D eigenvalue weighted by Crippen LogP contribution is -2.32. The molecule has 0 amide bonds. The van der Waals surface area contributed by atoms with Crippen molar-refractivity contribution in [2.75, 3.05) is 13.7 Å². The van der Waals surface area contributed by atoms with Crippen LogP contribution in [0, 0.1) is 5.92 Å². The Kier molecular flexibility index (Phi) is 5.44. The highest BCUT2D eigenvalue weighted by Gasteiger charge is 2.17. The molecular weight excluding hydrogens is 274 g/mol. The Labute approximate surface area is 113 Å². The number of sulfonamides is 1. The molecule has 0 spiro atoms. The van der Waals surface area contributed by atoms with Crippen LogP contribution in [0.5, 0.6) is 5.75 Å². The van der Waals surface area contributed by atoms with Crippen molar-refractivity contribution in [3.8, 4) is 5.75 Å². The quantitative estimate of drug-likeness (QED) is 0.818. The number of alkyl halides is 1. The molecule has 102 valence electrons. The minimum Gasteiger partial charge on any atom is -0.497 e. The predicted octanol–water partition coefficient (Wildman–Crippen LogP) is 2.24. The number of halogens is 1. The topological polar surface area (TPSA) is 55.4 Å². The third-order valence-electron chi connectivity index (χ3n) is 2.56. The van der Waals surface area contributed by atoms with Crippen molar-refractivity contribution in [1.29, 1.82) is 0 Å². The average molecular weight is 292 g/mol. The van der Waals surface area contributed by atoms with Gasteiger partial charge in [0.05, 0.1) is 12.0 Å². The van der Waals surface area contributed by atoms with Gasteiger partial charge in [-0.2, -0.15) is 0 Å². The first-order valence-corrected chi connectivity index (χ1v) is 7.56. The van der Waals surface area contributed by atoms with Gasteiger partial charge >= 0.3 is 0 Å². The highest BCUT2D eigenvalue weighted by Crippen LogP contribution is 2.16. The van der Waals surface area contributed by atoms with Crippen LogP contribution in [0.2, 0.25) is 0 Å². The van der Waals surface area contributed by atoms with Crippen molar-refractivity contribution < 1.29 is 13.2 Å². The number of hydrogen-bond donors (Lipinski definition) is 1. The second-order valence-corrected chi connectivity index (χ2v) is 6.61. The molecule has 1 unspecified atom stereocenters. The molecule has 18 heavy (non-hydrogen) atoms. The Hall–Kier alpha value is -0.780. The maximum absolute atomic E-state index is 11.9. The van der Waals surface area contributed by atoms with Gasteiger partial charge in [0.2, 0.25) is 10.0 Å². The number of methoxy groups -OCH3 is 1. The molecule has 0 aliphatic carbocycles. The molecule has 1 aromatic rings. The van der Waals surface area contributed by atoms with Gasteiger partial charge in [-0.05, 0) is 30.2 Å². The van der Waals surface area contributed by atoms with E-state index >= 15 is 0 Å². The van der Waals surface area contributed by atoms with Crippen LogP contribution in [0.15, 0.2) is 29.2 Å². The lowest BCUT2D eigenvalue weighted by Gasteiger charge is -2.14. The molecule has 0 saturated heterocycles. The average Bonchev–Trinajstić information content (AvgIpc) is 2.36. The van der Waals surface area contributed by atoms with Gasteiger partial charge in [-0.3, -0.25) is 0 Å². The Balaban J connectivity index is 2.73. The van der Waals surface area contributed by atoms with Gasteiger partial charge in [0.15, 0.2) is 0 Å². The van der Waals surface area contributed by atoms with E-state index in [-0.39, 0.29) is 22.7 Å². The third kappa shape index (κ3) is 4.15. The monoisotopic (exact) mass is 291 g/mol. The molecule has 0 aliphatic heterocycles. The molecule has 0 bridgehead atoms. The van der Waals surface area contributed by atoms with Gasteiger partial charge < -0.3 is 4.74 Å². The molecule has 0 aromatic heterocycles. The van der Waals surface area contributed by atoms with Crippen LogP contribution >= 0.6 is 11.6 Å². The van der Waals surface area contributed by atoms with Crippen LogP contribution in [-0.4, -0.2) is 27.4 Å². The van der Waals surface area contributed by atoms with E-state index in [9.17, 15) is 8.42 Å². The molecule has 6 heteroatoms. The van der Waals surface area contributed by atoms with E-state index in [1.54, 1.807) is 12.1 Å². The fraction of sp³-hybridized carbons (Fsp3) is 0.500. The molecule has 0 radical (unpaired) electrons. The molecule has 0 saturated carbocycles. The summed E-state index contributed by atoms with van der Waals surface area (Å²) in [4.78, 5) is 0.205. The van der Waals surface area contributed by atoms with Crippen LogP contribution < -0.4 is 9.46 Å². The summed E-state index contributed by atoms with van der Waals surface area (Å²) in [5, 5.41) is -0.224. The molecule has 1 N–H and O–H groups in total. The highest BCUT2D eigenvalue weighted by atomic mass is 35.5. The van der Waals surface area contributed by atoms with E-state index < -0.39 is 10.0 Å². The molecule has 0 fully saturated rings. The Morgan fingerprint density at radius 1 is 1.28 bits per heavy atom. The zero-order valence-electron chi connectivity index (χ0n) is 10.7. The van der Waals surface area contributed by atoms with E-state index in [2.05, 4.69) is 4.72 Å². The fourth-order valence-electron chi connectivity index (χ4n) is 1.26.